The number of rotatable bonds is 7. The maximum Gasteiger partial charge on any atom is 0.411 e. The molecule has 2 rings (SSSR count). The van der Waals surface area contributed by atoms with Crippen molar-refractivity contribution in [1.82, 2.24) is 25.3 Å². The van der Waals surface area contributed by atoms with Crippen LogP contribution < -0.4 is 10.6 Å². The summed E-state index contributed by atoms with van der Waals surface area (Å²) in [6.07, 6.45) is 2.02. The van der Waals surface area contributed by atoms with E-state index in [1.165, 1.54) is 23.8 Å². The molecule has 1 fully saturated rings. The molecule has 0 aliphatic carbocycles. The number of fused-ring (bicyclic) bond motifs is 1. The van der Waals surface area contributed by atoms with E-state index in [4.69, 9.17) is 4.74 Å². The molecule has 36 heavy (non-hydrogen) atoms. The minimum atomic E-state index is -0.627. The van der Waals surface area contributed by atoms with Gasteiger partial charge >= 0.3 is 12.1 Å². The van der Waals surface area contributed by atoms with Crippen LogP contribution in [0.3, 0.4) is 0 Å². The highest BCUT2D eigenvalue weighted by Crippen LogP contribution is 2.38. The Morgan fingerprint density at radius 2 is 2.03 bits per heavy atom. The molecule has 0 aromatic rings. The Kier molecular flexibility index (Phi) is 11.8. The van der Waals surface area contributed by atoms with E-state index in [2.05, 4.69) is 28.2 Å². The molecule has 11 heteroatoms. The number of hydrogen-bond donors (Lipinski definition) is 2. The Bertz CT molecular complexity index is 899. The Labute approximate surface area is 219 Å². The van der Waals surface area contributed by atoms with Crippen molar-refractivity contribution in [2.75, 3.05) is 60.2 Å². The zero-order valence-electron chi connectivity index (χ0n) is 22.1. The lowest BCUT2D eigenvalue weighted by atomic mass is 9.77. The van der Waals surface area contributed by atoms with Gasteiger partial charge in [-0.2, -0.15) is 5.26 Å². The smallest absolute Gasteiger partial charge is 0.411 e. The number of imide groups is 1. The van der Waals surface area contributed by atoms with Crippen molar-refractivity contribution in [2.24, 2.45) is 11.8 Å². The van der Waals surface area contributed by atoms with Crippen LogP contribution in [0.1, 0.15) is 32.6 Å². The van der Waals surface area contributed by atoms with Crippen molar-refractivity contribution in [2.45, 2.75) is 38.6 Å². The molecular formula is C25H40N6O4S. The van der Waals surface area contributed by atoms with E-state index in [9.17, 15) is 19.6 Å². The van der Waals surface area contributed by atoms with E-state index < -0.39 is 6.09 Å². The zero-order valence-corrected chi connectivity index (χ0v) is 22.9. The second kappa shape index (κ2) is 14.3. The summed E-state index contributed by atoms with van der Waals surface area (Å²) >= 11 is 1.41. The van der Waals surface area contributed by atoms with Gasteiger partial charge in [0.25, 0.3) is 0 Å². The number of urea groups is 1. The summed E-state index contributed by atoms with van der Waals surface area (Å²) < 4.78 is 4.71. The summed E-state index contributed by atoms with van der Waals surface area (Å²) in [6.45, 7) is 8.20. The number of nitrogens with zero attached hydrogens (tertiary/aromatic N) is 4. The van der Waals surface area contributed by atoms with Crippen LogP contribution in [0.25, 0.3) is 0 Å². The molecule has 0 aromatic heterocycles. The van der Waals surface area contributed by atoms with E-state index in [-0.39, 0.29) is 29.8 Å². The normalized spacial score (nSPS) is 23.0. The third kappa shape index (κ3) is 7.98. The van der Waals surface area contributed by atoms with Gasteiger partial charge in [0.1, 0.15) is 6.07 Å². The first-order valence-electron chi connectivity index (χ1n) is 12.4. The number of carbonyl (C=O) groups excluding carboxylic acids is 3. The molecule has 2 N–H and O–H groups in total. The van der Waals surface area contributed by atoms with Gasteiger partial charge in [0.2, 0.25) is 5.91 Å². The van der Waals surface area contributed by atoms with Crippen LogP contribution >= 0.6 is 11.8 Å². The molecule has 0 unspecified atom stereocenters. The maximum absolute atomic E-state index is 13.6. The van der Waals surface area contributed by atoms with Crippen LogP contribution in [0.2, 0.25) is 0 Å². The van der Waals surface area contributed by atoms with Gasteiger partial charge in [-0.1, -0.05) is 13.5 Å². The molecule has 0 saturated carbocycles. The highest BCUT2D eigenvalue weighted by Gasteiger charge is 2.40. The number of likely N-dealkylation sites (N-methyl/N-ethyl adjacent to an activating group) is 1. The van der Waals surface area contributed by atoms with E-state index in [0.717, 1.165) is 6.42 Å². The van der Waals surface area contributed by atoms with Gasteiger partial charge in [-0.15, -0.1) is 11.8 Å². The monoisotopic (exact) mass is 520 g/mol. The first-order valence-corrected chi connectivity index (χ1v) is 13.4. The second-order valence-corrected chi connectivity index (χ2v) is 10.7. The van der Waals surface area contributed by atoms with E-state index in [0.29, 0.717) is 67.4 Å². The predicted octanol–water partition coefficient (Wildman–Crippen LogP) is 2.61. The molecule has 0 aromatic carbocycles. The predicted molar refractivity (Wildman–Crippen MR) is 141 cm³/mol. The van der Waals surface area contributed by atoms with Crippen molar-refractivity contribution < 1.29 is 19.1 Å². The van der Waals surface area contributed by atoms with Crippen molar-refractivity contribution in [1.29, 1.82) is 5.26 Å². The summed E-state index contributed by atoms with van der Waals surface area (Å²) in [4.78, 5) is 43.7. The average molecular weight is 521 g/mol. The van der Waals surface area contributed by atoms with Crippen molar-refractivity contribution >= 4 is 29.8 Å². The number of thioether (sulfide) groups is 1. The summed E-state index contributed by atoms with van der Waals surface area (Å²) in [5.74, 6) is 0.296. The summed E-state index contributed by atoms with van der Waals surface area (Å²) in [7, 11) is 7.15. The molecule has 0 spiro atoms. The first-order chi connectivity index (χ1) is 17.1. The largest absolute Gasteiger partial charge is 0.453 e. The van der Waals surface area contributed by atoms with Gasteiger partial charge in [0.05, 0.1) is 23.6 Å². The van der Waals surface area contributed by atoms with E-state index in [1.807, 2.05) is 33.0 Å². The fourth-order valence-electron chi connectivity index (χ4n) is 4.84. The molecule has 0 bridgehead atoms. The highest BCUT2D eigenvalue weighted by atomic mass is 32.2. The SMILES string of the molecule is C=C1C[C@H]2C[C@@H](C(=O)N(CCC)C(=O)NCCN(C)C)CN(C)[C@@H]2CCSC(NC(=O)OC)=C1C#N. The van der Waals surface area contributed by atoms with Crippen LogP contribution in [0.15, 0.2) is 22.8 Å². The number of alkyl carbamates (subject to hydrolysis) is 1. The molecule has 3 atom stereocenters. The maximum atomic E-state index is 13.6. The van der Waals surface area contributed by atoms with Crippen LogP contribution in [0.5, 0.6) is 0 Å². The third-order valence-electron chi connectivity index (χ3n) is 6.61. The standard InChI is InChI=1S/C25H40N6O4S/c1-7-10-31(24(33)27-9-11-29(3)4)23(32)19-14-18-13-17(2)20(15-26)22(28-25(34)35-6)36-12-8-21(18)30(5)16-19/h18-19,21H,2,7-14,16H2,1,3-6H3,(H,27,33)(H,28,34)/t18-,19+,21+/m0/s1. The Hall–Kier alpha value is -2.55. The highest BCUT2D eigenvalue weighted by molar-refractivity contribution is 8.03. The Morgan fingerprint density at radius 3 is 2.64 bits per heavy atom. The van der Waals surface area contributed by atoms with Crippen molar-refractivity contribution in [3.63, 3.8) is 0 Å². The van der Waals surface area contributed by atoms with Gasteiger partial charge < -0.3 is 19.9 Å². The number of amides is 4. The van der Waals surface area contributed by atoms with E-state index >= 15 is 0 Å². The van der Waals surface area contributed by atoms with Crippen LogP contribution in [0, 0.1) is 23.2 Å². The summed E-state index contributed by atoms with van der Waals surface area (Å²) in [5, 5.41) is 15.8. The molecular weight excluding hydrogens is 480 g/mol. The number of hydrogen-bond acceptors (Lipinski definition) is 8. The van der Waals surface area contributed by atoms with Gasteiger partial charge in [0.15, 0.2) is 0 Å². The van der Waals surface area contributed by atoms with Crippen LogP contribution in [-0.2, 0) is 9.53 Å². The second-order valence-electron chi connectivity index (χ2n) is 9.60. The fourth-order valence-corrected chi connectivity index (χ4v) is 5.89. The minimum absolute atomic E-state index is 0.0897. The lowest BCUT2D eigenvalue weighted by Gasteiger charge is -2.43. The average Bonchev–Trinajstić information content (AvgIpc) is 2.88. The number of nitriles is 1. The molecule has 0 radical (unpaired) electrons. The third-order valence-corrected chi connectivity index (χ3v) is 7.65. The number of methoxy groups -OCH3 is 1. The zero-order chi connectivity index (χ0) is 26.8. The number of ether oxygens (including phenoxy) is 1. The van der Waals surface area contributed by atoms with Crippen molar-refractivity contribution in [3.8, 4) is 6.07 Å². The summed E-state index contributed by atoms with van der Waals surface area (Å²) in [6, 6.07) is 2.04. The minimum Gasteiger partial charge on any atom is -0.453 e. The van der Waals surface area contributed by atoms with Crippen LogP contribution in [-0.4, -0.2) is 99.0 Å². The van der Waals surface area contributed by atoms with Gasteiger partial charge in [0, 0.05) is 38.0 Å². The quantitative estimate of drug-likeness (QED) is 0.526. The number of likely N-dealkylation sites (tertiary alicyclic amines) is 1. The Balaban J connectivity index is 2.21. The van der Waals surface area contributed by atoms with Gasteiger partial charge in [-0.05, 0) is 58.3 Å². The molecule has 2 aliphatic heterocycles. The van der Waals surface area contributed by atoms with Gasteiger partial charge in [-0.3, -0.25) is 15.0 Å². The molecule has 1 saturated heterocycles. The first kappa shape index (κ1) is 29.7. The Morgan fingerprint density at radius 1 is 1.31 bits per heavy atom. The number of piperidine rings is 1. The van der Waals surface area contributed by atoms with Crippen molar-refractivity contribution in [3.05, 3.63) is 22.8 Å². The molecule has 4 amide bonds. The number of nitrogens with one attached hydrogen (secondary N) is 2. The molecule has 200 valence electrons. The van der Waals surface area contributed by atoms with E-state index in [1.54, 1.807) is 0 Å². The number of allylic oxidation sites excluding steroid dienone is 2. The summed E-state index contributed by atoms with van der Waals surface area (Å²) in [5.41, 5.74) is 0.969. The lowest BCUT2D eigenvalue weighted by Crippen LogP contribution is -2.54. The molecule has 10 nitrogen and oxygen atoms in total. The number of carbonyl (C=O) groups is 3. The van der Waals surface area contributed by atoms with Crippen LogP contribution in [0.4, 0.5) is 9.59 Å². The molecule has 2 aliphatic rings. The molecule has 2 heterocycles. The fraction of sp³-hybridized carbons (Fsp3) is 0.680. The topological polar surface area (TPSA) is 118 Å². The lowest BCUT2D eigenvalue weighted by molar-refractivity contribution is -0.135. The van der Waals surface area contributed by atoms with Gasteiger partial charge in [-0.25, -0.2) is 9.59 Å².